The van der Waals surface area contributed by atoms with Crippen molar-refractivity contribution in [2.45, 2.75) is 13.5 Å². The Morgan fingerprint density at radius 1 is 1.52 bits per heavy atom. The molecular weight excluding hydrogens is 352 g/mol. The minimum absolute atomic E-state index is 0.208. The van der Waals surface area contributed by atoms with Crippen LogP contribution in [-0.2, 0) is 6.54 Å². The number of aromatic nitrogens is 2. The average Bonchev–Trinajstić information content (AvgIpc) is 3.04. The summed E-state index contributed by atoms with van der Waals surface area (Å²) in [6.45, 7) is 2.75. The van der Waals surface area contributed by atoms with E-state index in [1.165, 1.54) is 11.3 Å². The third kappa shape index (κ3) is 2.66. The van der Waals surface area contributed by atoms with Gasteiger partial charge in [0.2, 0.25) is 0 Å². The second-order valence-electron chi connectivity index (χ2n) is 4.52. The average molecular weight is 365 g/mol. The van der Waals surface area contributed by atoms with Crippen LogP contribution in [0.3, 0.4) is 0 Å². The lowest BCUT2D eigenvalue weighted by atomic mass is 10.2. The molecule has 2 heterocycles. The molecule has 0 unspecified atom stereocenters. The number of fused-ring (bicyclic) bond motifs is 1. The molecule has 3 aromatic rings. The molecule has 0 saturated heterocycles. The summed E-state index contributed by atoms with van der Waals surface area (Å²) in [5.41, 5.74) is 7.28. The van der Waals surface area contributed by atoms with Gasteiger partial charge in [-0.15, -0.1) is 11.3 Å². The molecule has 0 fully saturated rings. The van der Waals surface area contributed by atoms with Crippen molar-refractivity contribution in [3.8, 4) is 0 Å². The van der Waals surface area contributed by atoms with Gasteiger partial charge in [-0.05, 0) is 25.1 Å². The Balaban J connectivity index is 1.92. The van der Waals surface area contributed by atoms with E-state index < -0.39 is 0 Å². The van der Waals surface area contributed by atoms with Crippen molar-refractivity contribution < 1.29 is 4.79 Å². The molecule has 21 heavy (non-hydrogen) atoms. The summed E-state index contributed by atoms with van der Waals surface area (Å²) in [4.78, 5) is 12.9. The van der Waals surface area contributed by atoms with E-state index in [1.807, 2.05) is 25.1 Å². The zero-order valence-corrected chi connectivity index (χ0v) is 13.7. The van der Waals surface area contributed by atoms with E-state index in [-0.39, 0.29) is 5.91 Å². The predicted octanol–water partition coefficient (Wildman–Crippen LogP) is 3.71. The van der Waals surface area contributed by atoms with Gasteiger partial charge in [0.25, 0.3) is 5.91 Å². The molecule has 3 N–H and O–H groups in total. The summed E-state index contributed by atoms with van der Waals surface area (Å²) >= 11 is 4.80. The number of benzene rings is 1. The second-order valence-corrected chi connectivity index (χ2v) is 6.49. The van der Waals surface area contributed by atoms with Crippen LogP contribution >= 0.6 is 27.3 Å². The number of carbonyl (C=O) groups is 1. The Morgan fingerprint density at radius 3 is 3.05 bits per heavy atom. The van der Waals surface area contributed by atoms with Gasteiger partial charge in [-0.2, -0.15) is 5.10 Å². The molecule has 3 rings (SSSR count). The first-order valence-electron chi connectivity index (χ1n) is 6.40. The van der Waals surface area contributed by atoms with Crippen molar-refractivity contribution in [2.75, 3.05) is 11.1 Å². The smallest absolute Gasteiger partial charge is 0.267 e. The summed E-state index contributed by atoms with van der Waals surface area (Å²) < 4.78 is 3.68. The standard InChI is InChI=1S/C14H13BrN4OS/c1-2-19-7-9(6-17-19)18-14(20)13-12(16)10-5-8(15)3-4-11(10)21-13/h3-7H,2,16H2,1H3,(H,18,20). The van der Waals surface area contributed by atoms with Crippen molar-refractivity contribution in [3.63, 3.8) is 0 Å². The van der Waals surface area contributed by atoms with Gasteiger partial charge in [0, 0.05) is 27.3 Å². The van der Waals surface area contributed by atoms with Gasteiger partial charge < -0.3 is 11.1 Å². The number of amides is 1. The van der Waals surface area contributed by atoms with E-state index in [1.54, 1.807) is 17.1 Å². The van der Waals surface area contributed by atoms with Crippen molar-refractivity contribution in [2.24, 2.45) is 0 Å². The van der Waals surface area contributed by atoms with Crippen LogP contribution in [-0.4, -0.2) is 15.7 Å². The number of anilines is 2. The lowest BCUT2D eigenvalue weighted by molar-refractivity contribution is 0.103. The van der Waals surface area contributed by atoms with E-state index >= 15 is 0 Å². The number of hydrogen-bond donors (Lipinski definition) is 2. The first-order chi connectivity index (χ1) is 10.1. The third-order valence-corrected chi connectivity index (χ3v) is 4.79. The van der Waals surface area contributed by atoms with Gasteiger partial charge in [0.15, 0.2) is 0 Å². The Bertz CT molecular complexity index is 824. The highest BCUT2D eigenvalue weighted by atomic mass is 79.9. The summed E-state index contributed by atoms with van der Waals surface area (Å²) in [5, 5.41) is 7.84. The lowest BCUT2D eigenvalue weighted by Crippen LogP contribution is -2.11. The Labute approximate surface area is 133 Å². The van der Waals surface area contributed by atoms with Crippen molar-refractivity contribution in [3.05, 3.63) is 39.9 Å². The Kier molecular flexibility index (Phi) is 3.69. The maximum atomic E-state index is 12.4. The van der Waals surface area contributed by atoms with Crippen molar-refractivity contribution in [1.82, 2.24) is 9.78 Å². The van der Waals surface area contributed by atoms with Gasteiger partial charge in [-0.3, -0.25) is 9.48 Å². The summed E-state index contributed by atoms with van der Waals surface area (Å²) in [6.07, 6.45) is 3.42. The number of rotatable bonds is 3. The monoisotopic (exact) mass is 364 g/mol. The number of nitrogens with two attached hydrogens (primary N) is 1. The largest absolute Gasteiger partial charge is 0.397 e. The number of nitrogens with one attached hydrogen (secondary N) is 1. The minimum atomic E-state index is -0.208. The first-order valence-corrected chi connectivity index (χ1v) is 8.00. The number of nitrogens with zero attached hydrogens (tertiary/aromatic N) is 2. The summed E-state index contributed by atoms with van der Waals surface area (Å²) in [5.74, 6) is -0.208. The zero-order chi connectivity index (χ0) is 15.0. The van der Waals surface area contributed by atoms with Gasteiger partial charge in [-0.25, -0.2) is 0 Å². The molecule has 0 aliphatic carbocycles. The summed E-state index contributed by atoms with van der Waals surface area (Å²) in [7, 11) is 0. The molecule has 0 radical (unpaired) electrons. The third-order valence-electron chi connectivity index (χ3n) is 3.11. The first kappa shape index (κ1) is 14.1. The molecule has 0 spiro atoms. The number of nitrogen functional groups attached to an aromatic ring is 1. The fraction of sp³-hybridized carbons (Fsp3) is 0.143. The van der Waals surface area contributed by atoms with Gasteiger partial charge in [0.1, 0.15) is 4.88 Å². The SMILES string of the molecule is CCn1cc(NC(=O)c2sc3ccc(Br)cc3c2N)cn1. The van der Waals surface area contributed by atoms with Crippen LogP contribution in [0.4, 0.5) is 11.4 Å². The highest BCUT2D eigenvalue weighted by Gasteiger charge is 2.17. The molecule has 1 amide bonds. The highest BCUT2D eigenvalue weighted by Crippen LogP contribution is 2.35. The van der Waals surface area contributed by atoms with Crippen LogP contribution in [0.1, 0.15) is 16.6 Å². The lowest BCUT2D eigenvalue weighted by Gasteiger charge is -2.01. The van der Waals surface area contributed by atoms with Crippen LogP contribution in [0, 0.1) is 0 Å². The molecule has 0 aliphatic rings. The predicted molar refractivity (Wildman–Crippen MR) is 89.8 cm³/mol. The van der Waals surface area contributed by atoms with E-state index in [2.05, 4.69) is 26.3 Å². The van der Waals surface area contributed by atoms with Gasteiger partial charge >= 0.3 is 0 Å². The quantitative estimate of drug-likeness (QED) is 0.743. The van der Waals surface area contributed by atoms with E-state index in [9.17, 15) is 4.79 Å². The number of thiophene rings is 1. The van der Waals surface area contributed by atoms with E-state index in [0.29, 0.717) is 16.3 Å². The van der Waals surface area contributed by atoms with Crippen molar-refractivity contribution >= 4 is 54.6 Å². The fourth-order valence-corrected chi connectivity index (χ4v) is 3.41. The van der Waals surface area contributed by atoms with Crippen LogP contribution in [0.5, 0.6) is 0 Å². The zero-order valence-electron chi connectivity index (χ0n) is 11.3. The van der Waals surface area contributed by atoms with Crippen LogP contribution < -0.4 is 11.1 Å². The number of carbonyl (C=O) groups excluding carboxylic acids is 1. The molecular formula is C14H13BrN4OS. The molecule has 1 aromatic carbocycles. The second kappa shape index (κ2) is 5.50. The molecule has 0 saturated carbocycles. The molecule has 5 nitrogen and oxygen atoms in total. The summed E-state index contributed by atoms with van der Waals surface area (Å²) in [6, 6.07) is 5.81. The highest BCUT2D eigenvalue weighted by molar-refractivity contribution is 9.10. The Morgan fingerprint density at radius 2 is 2.33 bits per heavy atom. The topological polar surface area (TPSA) is 72.9 Å². The Hall–Kier alpha value is -1.86. The van der Waals surface area contributed by atoms with Crippen molar-refractivity contribution in [1.29, 1.82) is 0 Å². The molecule has 7 heteroatoms. The maximum absolute atomic E-state index is 12.4. The minimum Gasteiger partial charge on any atom is -0.397 e. The van der Waals surface area contributed by atoms with Crippen LogP contribution in [0.15, 0.2) is 35.1 Å². The molecule has 108 valence electrons. The normalized spacial score (nSPS) is 11.0. The molecule has 0 bridgehead atoms. The van der Waals surface area contributed by atoms with E-state index in [0.717, 1.165) is 21.1 Å². The maximum Gasteiger partial charge on any atom is 0.267 e. The number of hydrogen-bond acceptors (Lipinski definition) is 4. The number of aryl methyl sites for hydroxylation is 1. The van der Waals surface area contributed by atoms with Crippen LogP contribution in [0.25, 0.3) is 10.1 Å². The van der Waals surface area contributed by atoms with E-state index in [4.69, 9.17) is 5.73 Å². The van der Waals surface area contributed by atoms with Crippen LogP contribution in [0.2, 0.25) is 0 Å². The number of halogens is 1. The molecule has 0 aliphatic heterocycles. The molecule has 0 atom stereocenters. The van der Waals surface area contributed by atoms with Gasteiger partial charge in [-0.1, -0.05) is 15.9 Å². The molecule has 2 aromatic heterocycles. The van der Waals surface area contributed by atoms with Gasteiger partial charge in [0.05, 0.1) is 17.6 Å². The fourth-order valence-electron chi connectivity index (χ4n) is 2.05.